The molecule has 0 bridgehead atoms. The van der Waals surface area contributed by atoms with Crippen LogP contribution in [0.25, 0.3) is 0 Å². The van der Waals surface area contributed by atoms with E-state index in [1.807, 2.05) is 13.8 Å². The van der Waals surface area contributed by atoms with E-state index in [0.29, 0.717) is 5.56 Å². The van der Waals surface area contributed by atoms with E-state index >= 15 is 0 Å². The molecule has 0 radical (unpaired) electrons. The molecule has 1 rings (SSSR count). The van der Waals surface area contributed by atoms with Crippen molar-refractivity contribution in [2.24, 2.45) is 5.92 Å². The molecule has 0 aromatic heterocycles. The van der Waals surface area contributed by atoms with Crippen LogP contribution >= 0.6 is 0 Å². The highest BCUT2D eigenvalue weighted by Gasteiger charge is 2.40. The van der Waals surface area contributed by atoms with Crippen molar-refractivity contribution in [1.29, 1.82) is 0 Å². The fourth-order valence-electron chi connectivity index (χ4n) is 2.26. The minimum absolute atomic E-state index is 0.277. The van der Waals surface area contributed by atoms with Gasteiger partial charge in [0.15, 0.2) is 5.92 Å². The molecule has 0 saturated heterocycles. The van der Waals surface area contributed by atoms with E-state index in [1.165, 1.54) is 0 Å². The molecule has 0 aliphatic carbocycles. The summed E-state index contributed by atoms with van der Waals surface area (Å²) >= 11 is 0. The summed E-state index contributed by atoms with van der Waals surface area (Å²) in [7, 11) is 1.06. The molecule has 7 heteroatoms. The Balaban J connectivity index is 3.23. The van der Waals surface area contributed by atoms with Crippen LogP contribution in [0.2, 0.25) is 0 Å². The Morgan fingerprint density at radius 3 is 2.09 bits per heavy atom. The molecule has 0 heterocycles. The Kier molecular flexibility index (Phi) is 6.03. The van der Waals surface area contributed by atoms with Crippen molar-refractivity contribution in [3.8, 4) is 0 Å². The minimum Gasteiger partial charge on any atom is -0.481 e. The van der Waals surface area contributed by atoms with Crippen LogP contribution in [0.15, 0.2) is 24.3 Å². The van der Waals surface area contributed by atoms with Gasteiger partial charge in [0.2, 0.25) is 6.54 Å². The standard InChI is InChI=1S/C15H19NO6/c1-9(2)10-4-6-11(7-5-10)12(8-16(20)21)13(14(17)18)15(19)22-3/h4-7,9,12-13H,8H2,1-3H3,(H,17,18). The first kappa shape index (κ1) is 17.6. The van der Waals surface area contributed by atoms with E-state index < -0.39 is 35.2 Å². The number of benzene rings is 1. The topological polar surface area (TPSA) is 107 Å². The van der Waals surface area contributed by atoms with E-state index in [1.54, 1.807) is 24.3 Å². The van der Waals surface area contributed by atoms with Gasteiger partial charge in [0.1, 0.15) is 0 Å². The van der Waals surface area contributed by atoms with Gasteiger partial charge in [-0.05, 0) is 17.0 Å². The number of methoxy groups -OCH3 is 1. The highest BCUT2D eigenvalue weighted by Crippen LogP contribution is 2.28. The quantitative estimate of drug-likeness (QED) is 0.357. The van der Waals surface area contributed by atoms with Crippen LogP contribution in [0.4, 0.5) is 0 Å². The molecule has 0 aliphatic rings. The van der Waals surface area contributed by atoms with Crippen LogP contribution in [0, 0.1) is 16.0 Å². The van der Waals surface area contributed by atoms with Crippen molar-refractivity contribution in [2.75, 3.05) is 13.7 Å². The summed E-state index contributed by atoms with van der Waals surface area (Å²) in [4.78, 5) is 33.3. The molecular formula is C15H19NO6. The Morgan fingerprint density at radius 1 is 1.23 bits per heavy atom. The largest absolute Gasteiger partial charge is 0.481 e. The van der Waals surface area contributed by atoms with E-state index in [-0.39, 0.29) is 5.92 Å². The highest BCUT2D eigenvalue weighted by atomic mass is 16.6. The number of ether oxygens (including phenoxy) is 1. The van der Waals surface area contributed by atoms with Gasteiger partial charge in [-0.1, -0.05) is 38.1 Å². The summed E-state index contributed by atoms with van der Waals surface area (Å²) in [6.45, 7) is 3.34. The van der Waals surface area contributed by atoms with Crippen LogP contribution in [-0.2, 0) is 14.3 Å². The fraction of sp³-hybridized carbons (Fsp3) is 0.467. The summed E-state index contributed by atoms with van der Waals surface area (Å²) in [5, 5.41) is 20.1. The number of esters is 1. The molecule has 0 amide bonds. The maximum atomic E-state index is 11.7. The lowest BCUT2D eigenvalue weighted by Gasteiger charge is -2.19. The van der Waals surface area contributed by atoms with Gasteiger partial charge >= 0.3 is 11.9 Å². The van der Waals surface area contributed by atoms with E-state index in [4.69, 9.17) is 0 Å². The number of nitrogens with zero attached hydrogens (tertiary/aromatic N) is 1. The smallest absolute Gasteiger partial charge is 0.320 e. The van der Waals surface area contributed by atoms with Crippen molar-refractivity contribution in [3.05, 3.63) is 45.5 Å². The fourth-order valence-corrected chi connectivity index (χ4v) is 2.26. The lowest BCUT2D eigenvalue weighted by atomic mass is 9.85. The number of hydrogen-bond donors (Lipinski definition) is 1. The van der Waals surface area contributed by atoms with E-state index in [0.717, 1.165) is 12.7 Å². The molecule has 7 nitrogen and oxygen atoms in total. The average molecular weight is 309 g/mol. The summed E-state index contributed by atoms with van der Waals surface area (Å²) in [5.41, 5.74) is 1.45. The Labute approximate surface area is 128 Å². The molecular weight excluding hydrogens is 290 g/mol. The third kappa shape index (κ3) is 4.28. The molecule has 0 fully saturated rings. The van der Waals surface area contributed by atoms with Crippen molar-refractivity contribution >= 4 is 11.9 Å². The van der Waals surface area contributed by atoms with Gasteiger partial charge in [0.05, 0.1) is 13.0 Å². The monoisotopic (exact) mass is 309 g/mol. The second-order valence-corrected chi connectivity index (χ2v) is 5.28. The van der Waals surface area contributed by atoms with E-state index in [2.05, 4.69) is 4.74 Å². The number of carbonyl (C=O) groups excluding carboxylic acids is 1. The first-order chi connectivity index (χ1) is 10.3. The molecule has 1 aromatic carbocycles. The molecule has 1 aromatic rings. The van der Waals surface area contributed by atoms with Crippen molar-refractivity contribution in [2.45, 2.75) is 25.7 Å². The second kappa shape index (κ2) is 7.53. The zero-order chi connectivity index (χ0) is 16.9. The van der Waals surface area contributed by atoms with Crippen molar-refractivity contribution in [1.82, 2.24) is 0 Å². The van der Waals surface area contributed by atoms with Crippen LogP contribution in [-0.4, -0.2) is 35.6 Å². The van der Waals surface area contributed by atoms with Gasteiger partial charge in [-0.3, -0.25) is 19.7 Å². The predicted molar refractivity (Wildman–Crippen MR) is 78.3 cm³/mol. The zero-order valence-corrected chi connectivity index (χ0v) is 12.7. The van der Waals surface area contributed by atoms with Gasteiger partial charge in [-0.25, -0.2) is 0 Å². The number of carboxylic acids is 1. The highest BCUT2D eigenvalue weighted by molar-refractivity contribution is 5.95. The Bertz CT molecular complexity index is 552. The molecule has 2 atom stereocenters. The van der Waals surface area contributed by atoms with Gasteiger partial charge in [-0.2, -0.15) is 0 Å². The minimum atomic E-state index is -1.61. The van der Waals surface area contributed by atoms with Crippen molar-refractivity contribution < 1.29 is 24.4 Å². The molecule has 120 valence electrons. The maximum Gasteiger partial charge on any atom is 0.320 e. The predicted octanol–water partition coefficient (Wildman–Crippen LogP) is 2.04. The molecule has 0 aliphatic heterocycles. The normalized spacial score (nSPS) is 13.5. The Morgan fingerprint density at radius 2 is 1.73 bits per heavy atom. The lowest BCUT2D eigenvalue weighted by molar-refractivity contribution is -0.484. The molecule has 22 heavy (non-hydrogen) atoms. The number of nitro groups is 1. The third-order valence-corrected chi connectivity index (χ3v) is 3.50. The number of rotatable bonds is 7. The van der Waals surface area contributed by atoms with Crippen LogP contribution in [0.3, 0.4) is 0 Å². The van der Waals surface area contributed by atoms with Crippen LogP contribution in [0.5, 0.6) is 0 Å². The molecule has 0 saturated carbocycles. The van der Waals surface area contributed by atoms with Gasteiger partial charge in [0, 0.05) is 4.92 Å². The van der Waals surface area contributed by atoms with Gasteiger partial charge < -0.3 is 9.84 Å². The third-order valence-electron chi connectivity index (χ3n) is 3.50. The average Bonchev–Trinajstić information content (AvgIpc) is 2.45. The number of hydrogen-bond acceptors (Lipinski definition) is 5. The SMILES string of the molecule is COC(=O)C(C(=O)O)C(C[N+](=O)[O-])c1ccc(C(C)C)cc1. The Hall–Kier alpha value is -2.44. The summed E-state index contributed by atoms with van der Waals surface area (Å²) in [6.07, 6.45) is 0. The summed E-state index contributed by atoms with van der Waals surface area (Å²) < 4.78 is 4.48. The van der Waals surface area contributed by atoms with Gasteiger partial charge in [-0.15, -0.1) is 0 Å². The van der Waals surface area contributed by atoms with Crippen LogP contribution < -0.4 is 0 Å². The second-order valence-electron chi connectivity index (χ2n) is 5.28. The first-order valence-corrected chi connectivity index (χ1v) is 6.80. The number of carboxylic acid groups (broad SMARTS) is 1. The van der Waals surface area contributed by atoms with Crippen molar-refractivity contribution in [3.63, 3.8) is 0 Å². The summed E-state index contributed by atoms with van der Waals surface area (Å²) in [6, 6.07) is 6.82. The number of aliphatic carboxylic acids is 1. The van der Waals surface area contributed by atoms with Crippen LogP contribution in [0.1, 0.15) is 36.8 Å². The van der Waals surface area contributed by atoms with Gasteiger partial charge in [0.25, 0.3) is 0 Å². The van der Waals surface area contributed by atoms with E-state index in [9.17, 15) is 24.8 Å². The molecule has 1 N–H and O–H groups in total. The summed E-state index contributed by atoms with van der Waals surface area (Å²) in [5.74, 6) is -4.85. The molecule has 2 unspecified atom stereocenters. The zero-order valence-electron chi connectivity index (χ0n) is 12.7. The lowest BCUT2D eigenvalue weighted by Crippen LogP contribution is -2.34. The number of carbonyl (C=O) groups is 2. The molecule has 0 spiro atoms. The first-order valence-electron chi connectivity index (χ1n) is 6.80. The maximum absolute atomic E-state index is 11.7.